The second-order valence-corrected chi connectivity index (χ2v) is 5.09. The molecular formula is C11H15BrClFN2. The van der Waals surface area contributed by atoms with Gasteiger partial charge >= 0.3 is 0 Å². The van der Waals surface area contributed by atoms with E-state index in [9.17, 15) is 4.39 Å². The summed E-state index contributed by atoms with van der Waals surface area (Å²) in [6.45, 7) is 1.81. The lowest BCUT2D eigenvalue weighted by Crippen LogP contribution is -2.16. The van der Waals surface area contributed by atoms with E-state index in [0.717, 1.165) is 25.2 Å². The molecule has 0 saturated carbocycles. The average molecular weight is 310 g/mol. The van der Waals surface area contributed by atoms with E-state index < -0.39 is 0 Å². The molecular weight excluding hydrogens is 294 g/mol. The number of hydrogen-bond donors (Lipinski definition) is 1. The lowest BCUT2D eigenvalue weighted by molar-refractivity contribution is 0.405. The van der Waals surface area contributed by atoms with E-state index in [1.54, 1.807) is 0 Å². The van der Waals surface area contributed by atoms with Crippen LogP contribution in [-0.2, 0) is 0 Å². The maximum Gasteiger partial charge on any atom is 0.125 e. The molecule has 0 fully saturated rings. The highest BCUT2D eigenvalue weighted by atomic mass is 79.9. The molecule has 0 atom stereocenters. The SMILES string of the molecule is CN(C)CCCNc1c(Cl)cc(F)cc1Br. The highest BCUT2D eigenvalue weighted by Crippen LogP contribution is 2.31. The van der Waals surface area contributed by atoms with Crippen molar-refractivity contribution >= 4 is 33.2 Å². The van der Waals surface area contributed by atoms with Gasteiger partial charge in [0.25, 0.3) is 0 Å². The molecule has 1 aromatic rings. The number of hydrogen-bond acceptors (Lipinski definition) is 2. The molecule has 90 valence electrons. The van der Waals surface area contributed by atoms with E-state index in [-0.39, 0.29) is 5.82 Å². The van der Waals surface area contributed by atoms with Gasteiger partial charge in [-0.05, 0) is 55.1 Å². The van der Waals surface area contributed by atoms with E-state index in [4.69, 9.17) is 11.6 Å². The van der Waals surface area contributed by atoms with Gasteiger partial charge in [-0.25, -0.2) is 4.39 Å². The molecule has 1 N–H and O–H groups in total. The maximum absolute atomic E-state index is 13.0. The fourth-order valence-electron chi connectivity index (χ4n) is 1.32. The van der Waals surface area contributed by atoms with Crippen molar-refractivity contribution in [1.29, 1.82) is 0 Å². The molecule has 5 heteroatoms. The highest BCUT2D eigenvalue weighted by Gasteiger charge is 2.07. The fourth-order valence-corrected chi connectivity index (χ4v) is 2.28. The number of benzene rings is 1. The van der Waals surface area contributed by atoms with Gasteiger partial charge in [0.1, 0.15) is 5.82 Å². The first-order chi connectivity index (χ1) is 7.50. The van der Waals surface area contributed by atoms with Crippen LogP contribution in [0.15, 0.2) is 16.6 Å². The van der Waals surface area contributed by atoms with E-state index in [0.29, 0.717) is 9.50 Å². The third kappa shape index (κ3) is 4.28. The molecule has 0 amide bonds. The van der Waals surface area contributed by atoms with Gasteiger partial charge in [-0.3, -0.25) is 0 Å². The fraction of sp³-hybridized carbons (Fsp3) is 0.455. The van der Waals surface area contributed by atoms with Gasteiger partial charge in [0.05, 0.1) is 10.7 Å². The maximum atomic E-state index is 13.0. The molecule has 0 aliphatic heterocycles. The molecule has 0 aliphatic carbocycles. The van der Waals surface area contributed by atoms with E-state index in [1.807, 2.05) is 14.1 Å². The smallest absolute Gasteiger partial charge is 0.125 e. The average Bonchev–Trinajstić information content (AvgIpc) is 2.14. The Hall–Kier alpha value is -0.320. The Labute approximate surface area is 109 Å². The largest absolute Gasteiger partial charge is 0.383 e. The van der Waals surface area contributed by atoms with Crippen LogP contribution in [-0.4, -0.2) is 32.1 Å². The van der Waals surface area contributed by atoms with Gasteiger partial charge in [-0.15, -0.1) is 0 Å². The number of halogens is 3. The van der Waals surface area contributed by atoms with Gasteiger partial charge in [-0.2, -0.15) is 0 Å². The van der Waals surface area contributed by atoms with E-state index in [1.165, 1.54) is 12.1 Å². The molecule has 16 heavy (non-hydrogen) atoms. The number of anilines is 1. The van der Waals surface area contributed by atoms with Crippen LogP contribution in [0.2, 0.25) is 5.02 Å². The minimum Gasteiger partial charge on any atom is -0.383 e. The minimum atomic E-state index is -0.337. The zero-order chi connectivity index (χ0) is 12.1. The summed E-state index contributed by atoms with van der Waals surface area (Å²) in [6, 6.07) is 2.71. The quantitative estimate of drug-likeness (QED) is 0.836. The number of nitrogens with one attached hydrogen (secondary N) is 1. The first-order valence-corrected chi connectivity index (χ1v) is 6.21. The predicted octanol–water partition coefficient (Wildman–Crippen LogP) is 3.61. The van der Waals surface area contributed by atoms with Crippen molar-refractivity contribution in [3.05, 3.63) is 27.4 Å². The molecule has 0 aromatic heterocycles. The molecule has 0 heterocycles. The van der Waals surface area contributed by atoms with Crippen molar-refractivity contribution in [2.75, 3.05) is 32.5 Å². The van der Waals surface area contributed by atoms with Gasteiger partial charge < -0.3 is 10.2 Å². The molecule has 0 unspecified atom stereocenters. The summed E-state index contributed by atoms with van der Waals surface area (Å²) in [5, 5.41) is 3.59. The highest BCUT2D eigenvalue weighted by molar-refractivity contribution is 9.10. The molecule has 0 saturated heterocycles. The van der Waals surface area contributed by atoms with Crippen LogP contribution in [0.25, 0.3) is 0 Å². The topological polar surface area (TPSA) is 15.3 Å². The van der Waals surface area contributed by atoms with Crippen LogP contribution in [0, 0.1) is 5.82 Å². The monoisotopic (exact) mass is 308 g/mol. The Balaban J connectivity index is 2.54. The summed E-state index contributed by atoms with van der Waals surface area (Å²) in [6.07, 6.45) is 1.01. The third-order valence-corrected chi connectivity index (χ3v) is 3.01. The Kier molecular flexibility index (Phi) is 5.52. The molecule has 0 radical (unpaired) electrons. The van der Waals surface area contributed by atoms with Gasteiger partial charge in [0, 0.05) is 11.0 Å². The molecule has 2 nitrogen and oxygen atoms in total. The summed E-state index contributed by atoms with van der Waals surface area (Å²) < 4.78 is 13.6. The minimum absolute atomic E-state index is 0.337. The predicted molar refractivity (Wildman–Crippen MR) is 70.8 cm³/mol. The Morgan fingerprint density at radius 1 is 1.44 bits per heavy atom. The third-order valence-electron chi connectivity index (χ3n) is 2.09. The molecule has 1 rings (SSSR count). The Bertz CT molecular complexity index is 335. The van der Waals surface area contributed by atoms with Crippen LogP contribution in [0.5, 0.6) is 0 Å². The Morgan fingerprint density at radius 3 is 2.69 bits per heavy atom. The lowest BCUT2D eigenvalue weighted by Gasteiger charge is -2.13. The van der Waals surface area contributed by atoms with Gasteiger partial charge in [0.15, 0.2) is 0 Å². The summed E-state index contributed by atoms with van der Waals surface area (Å²) in [4.78, 5) is 2.11. The first kappa shape index (κ1) is 13.7. The van der Waals surface area contributed by atoms with Crippen molar-refractivity contribution in [3.8, 4) is 0 Å². The van der Waals surface area contributed by atoms with Crippen LogP contribution >= 0.6 is 27.5 Å². The van der Waals surface area contributed by atoms with Gasteiger partial charge in [0.2, 0.25) is 0 Å². The summed E-state index contributed by atoms with van der Waals surface area (Å²) >= 11 is 9.21. The summed E-state index contributed by atoms with van der Waals surface area (Å²) in [5.74, 6) is -0.337. The van der Waals surface area contributed by atoms with Crippen molar-refractivity contribution in [2.24, 2.45) is 0 Å². The standard InChI is InChI=1S/C11H15BrClFN2/c1-16(2)5-3-4-15-11-9(12)6-8(14)7-10(11)13/h6-7,15H,3-5H2,1-2H3. The normalized spacial score (nSPS) is 10.9. The number of rotatable bonds is 5. The van der Waals surface area contributed by atoms with Crippen molar-refractivity contribution in [3.63, 3.8) is 0 Å². The second kappa shape index (κ2) is 6.42. The van der Waals surface area contributed by atoms with Crippen LogP contribution in [0.4, 0.5) is 10.1 Å². The second-order valence-electron chi connectivity index (χ2n) is 3.83. The van der Waals surface area contributed by atoms with Crippen molar-refractivity contribution < 1.29 is 4.39 Å². The molecule has 0 spiro atoms. The molecule has 1 aromatic carbocycles. The van der Waals surface area contributed by atoms with Crippen molar-refractivity contribution in [2.45, 2.75) is 6.42 Å². The molecule has 0 bridgehead atoms. The van der Waals surface area contributed by atoms with Crippen LogP contribution in [0.3, 0.4) is 0 Å². The number of nitrogens with zero attached hydrogens (tertiary/aromatic N) is 1. The zero-order valence-electron chi connectivity index (χ0n) is 9.36. The summed E-state index contributed by atoms with van der Waals surface area (Å²) in [7, 11) is 4.06. The van der Waals surface area contributed by atoms with E-state index in [2.05, 4.69) is 26.1 Å². The van der Waals surface area contributed by atoms with E-state index >= 15 is 0 Å². The van der Waals surface area contributed by atoms with Gasteiger partial charge in [-0.1, -0.05) is 11.6 Å². The van der Waals surface area contributed by atoms with Crippen molar-refractivity contribution in [1.82, 2.24) is 4.90 Å². The zero-order valence-corrected chi connectivity index (χ0v) is 11.7. The first-order valence-electron chi connectivity index (χ1n) is 5.04. The lowest BCUT2D eigenvalue weighted by atomic mass is 10.3. The summed E-state index contributed by atoms with van der Waals surface area (Å²) in [5.41, 5.74) is 0.752. The van der Waals surface area contributed by atoms with Crippen LogP contribution in [0.1, 0.15) is 6.42 Å². The van der Waals surface area contributed by atoms with Crippen LogP contribution < -0.4 is 5.32 Å². The molecule has 0 aliphatic rings. The Morgan fingerprint density at radius 2 is 2.12 bits per heavy atom.